The van der Waals surface area contributed by atoms with Crippen LogP contribution in [0.4, 0.5) is 0 Å². The van der Waals surface area contributed by atoms with Crippen LogP contribution in [-0.2, 0) is 19.9 Å². The summed E-state index contributed by atoms with van der Waals surface area (Å²) in [5, 5.41) is 7.53. The number of thiazole rings is 1. The number of aromatic nitrogens is 3. The Bertz CT molecular complexity index is 403. The number of hydrogen-bond acceptors (Lipinski definition) is 3. The van der Waals surface area contributed by atoms with E-state index in [9.17, 15) is 0 Å². The van der Waals surface area contributed by atoms with E-state index in [-0.39, 0.29) is 0 Å². The van der Waals surface area contributed by atoms with Crippen molar-refractivity contribution in [2.45, 2.75) is 19.8 Å². The summed E-state index contributed by atoms with van der Waals surface area (Å²) >= 11 is 1.72. The first-order valence-electron chi connectivity index (χ1n) is 4.63. The van der Waals surface area contributed by atoms with Crippen molar-refractivity contribution in [3.8, 4) is 0 Å². The van der Waals surface area contributed by atoms with E-state index in [4.69, 9.17) is 0 Å². The molecule has 0 saturated heterocycles. The van der Waals surface area contributed by atoms with Gasteiger partial charge in [0.1, 0.15) is 0 Å². The maximum absolute atomic E-state index is 4.31. The van der Waals surface area contributed by atoms with Gasteiger partial charge in [0.25, 0.3) is 0 Å². The highest BCUT2D eigenvalue weighted by molar-refractivity contribution is 7.09. The molecular formula is C10H13N3S. The van der Waals surface area contributed by atoms with Crippen molar-refractivity contribution in [1.29, 1.82) is 0 Å². The van der Waals surface area contributed by atoms with Gasteiger partial charge in [-0.1, -0.05) is 0 Å². The molecule has 0 atom stereocenters. The highest BCUT2D eigenvalue weighted by Crippen LogP contribution is 2.11. The highest BCUT2D eigenvalue weighted by atomic mass is 32.1. The van der Waals surface area contributed by atoms with Gasteiger partial charge < -0.3 is 0 Å². The molecule has 0 radical (unpaired) electrons. The summed E-state index contributed by atoms with van der Waals surface area (Å²) < 4.78 is 1.87. The Kier molecular flexibility index (Phi) is 2.63. The maximum Gasteiger partial charge on any atom is 0.0928 e. The van der Waals surface area contributed by atoms with E-state index < -0.39 is 0 Å². The van der Waals surface area contributed by atoms with Crippen molar-refractivity contribution in [3.05, 3.63) is 34.0 Å². The first kappa shape index (κ1) is 9.40. The van der Waals surface area contributed by atoms with Gasteiger partial charge in [0, 0.05) is 31.2 Å². The van der Waals surface area contributed by atoms with Gasteiger partial charge in [-0.3, -0.25) is 4.68 Å². The fraction of sp³-hybridized carbons (Fsp3) is 0.400. The Morgan fingerprint density at radius 3 is 2.86 bits per heavy atom. The monoisotopic (exact) mass is 207 g/mol. The zero-order chi connectivity index (χ0) is 9.97. The van der Waals surface area contributed by atoms with Crippen LogP contribution in [0, 0.1) is 6.92 Å². The summed E-state index contributed by atoms with van der Waals surface area (Å²) in [7, 11) is 1.96. The van der Waals surface area contributed by atoms with Crippen molar-refractivity contribution >= 4 is 11.3 Å². The summed E-state index contributed by atoms with van der Waals surface area (Å²) in [5.74, 6) is 0. The number of nitrogens with zero attached hydrogens (tertiary/aromatic N) is 3. The second-order valence-electron chi connectivity index (χ2n) is 3.34. The zero-order valence-electron chi connectivity index (χ0n) is 8.40. The fourth-order valence-electron chi connectivity index (χ4n) is 1.51. The summed E-state index contributed by atoms with van der Waals surface area (Å²) in [6, 6.07) is 0. The van der Waals surface area contributed by atoms with Crippen LogP contribution in [0.2, 0.25) is 0 Å². The van der Waals surface area contributed by atoms with E-state index in [1.807, 2.05) is 23.3 Å². The molecule has 0 N–H and O–H groups in total. The normalized spacial score (nSPS) is 10.7. The van der Waals surface area contributed by atoms with Crippen LogP contribution in [0.15, 0.2) is 17.8 Å². The third-order valence-electron chi connectivity index (χ3n) is 2.21. The van der Waals surface area contributed by atoms with Crippen molar-refractivity contribution < 1.29 is 0 Å². The van der Waals surface area contributed by atoms with Gasteiger partial charge >= 0.3 is 0 Å². The SMILES string of the molecule is Cc1nn(C)cc1CCc1nccs1. The predicted octanol–water partition coefficient (Wildman–Crippen LogP) is 1.97. The second-order valence-corrected chi connectivity index (χ2v) is 4.32. The predicted molar refractivity (Wildman–Crippen MR) is 57.5 cm³/mol. The minimum absolute atomic E-state index is 1.02. The minimum atomic E-state index is 1.02. The first-order valence-corrected chi connectivity index (χ1v) is 5.51. The molecule has 0 bridgehead atoms. The van der Waals surface area contributed by atoms with Crippen molar-refractivity contribution in [2.24, 2.45) is 7.05 Å². The Morgan fingerprint density at radius 2 is 2.29 bits per heavy atom. The fourth-order valence-corrected chi connectivity index (χ4v) is 2.13. The highest BCUT2D eigenvalue weighted by Gasteiger charge is 2.03. The van der Waals surface area contributed by atoms with E-state index in [1.165, 1.54) is 10.6 Å². The molecule has 0 amide bonds. The molecule has 74 valence electrons. The first-order chi connectivity index (χ1) is 6.75. The molecular weight excluding hydrogens is 194 g/mol. The van der Waals surface area contributed by atoms with Gasteiger partial charge in [-0.2, -0.15) is 5.10 Å². The lowest BCUT2D eigenvalue weighted by Crippen LogP contribution is -1.90. The largest absolute Gasteiger partial charge is 0.275 e. The molecule has 0 aliphatic heterocycles. The topological polar surface area (TPSA) is 30.7 Å². The van der Waals surface area contributed by atoms with Crippen LogP contribution >= 0.6 is 11.3 Å². The second kappa shape index (κ2) is 3.92. The van der Waals surface area contributed by atoms with Crippen LogP contribution in [0.5, 0.6) is 0 Å². The maximum atomic E-state index is 4.31. The van der Waals surface area contributed by atoms with Gasteiger partial charge in [-0.05, 0) is 18.9 Å². The molecule has 0 spiro atoms. The summed E-state index contributed by atoms with van der Waals surface area (Å²) in [5.41, 5.74) is 2.45. The smallest absolute Gasteiger partial charge is 0.0928 e. The van der Waals surface area contributed by atoms with E-state index in [0.29, 0.717) is 0 Å². The van der Waals surface area contributed by atoms with E-state index in [0.717, 1.165) is 18.5 Å². The lowest BCUT2D eigenvalue weighted by molar-refractivity contribution is 0.756. The minimum Gasteiger partial charge on any atom is -0.275 e. The molecule has 0 fully saturated rings. The van der Waals surface area contributed by atoms with Gasteiger partial charge in [0.05, 0.1) is 10.7 Å². The lowest BCUT2D eigenvalue weighted by atomic mass is 10.1. The van der Waals surface area contributed by atoms with Crippen LogP contribution in [-0.4, -0.2) is 14.8 Å². The number of aryl methyl sites for hydroxylation is 4. The molecule has 2 heterocycles. The Labute approximate surface area is 87.4 Å². The molecule has 2 aromatic rings. The van der Waals surface area contributed by atoms with Crippen LogP contribution < -0.4 is 0 Å². The van der Waals surface area contributed by atoms with E-state index in [1.54, 1.807) is 11.3 Å². The molecule has 14 heavy (non-hydrogen) atoms. The Balaban J connectivity index is 2.01. The van der Waals surface area contributed by atoms with E-state index >= 15 is 0 Å². The molecule has 0 aliphatic carbocycles. The van der Waals surface area contributed by atoms with Gasteiger partial charge in [-0.15, -0.1) is 11.3 Å². The molecule has 0 aliphatic rings. The zero-order valence-corrected chi connectivity index (χ0v) is 9.21. The van der Waals surface area contributed by atoms with Gasteiger partial charge in [0.15, 0.2) is 0 Å². The van der Waals surface area contributed by atoms with Crippen molar-refractivity contribution in [1.82, 2.24) is 14.8 Å². The summed E-state index contributed by atoms with van der Waals surface area (Å²) in [4.78, 5) is 4.26. The molecule has 4 heteroatoms. The lowest BCUT2D eigenvalue weighted by Gasteiger charge is -1.95. The van der Waals surface area contributed by atoms with Crippen molar-refractivity contribution in [3.63, 3.8) is 0 Å². The molecule has 2 aromatic heterocycles. The van der Waals surface area contributed by atoms with E-state index in [2.05, 4.69) is 23.2 Å². The third-order valence-corrected chi connectivity index (χ3v) is 3.05. The van der Waals surface area contributed by atoms with Crippen LogP contribution in [0.1, 0.15) is 16.3 Å². The average molecular weight is 207 g/mol. The Morgan fingerprint density at radius 1 is 1.43 bits per heavy atom. The summed E-state index contributed by atoms with van der Waals surface area (Å²) in [6.07, 6.45) is 6.00. The quantitative estimate of drug-likeness (QED) is 0.770. The standard InChI is InChI=1S/C10H13N3S/c1-8-9(7-13(2)12-8)3-4-10-11-5-6-14-10/h5-7H,3-4H2,1-2H3. The van der Waals surface area contributed by atoms with Gasteiger partial charge in [0.2, 0.25) is 0 Å². The molecule has 3 nitrogen and oxygen atoms in total. The molecule has 0 saturated carbocycles. The van der Waals surface area contributed by atoms with Crippen LogP contribution in [0.3, 0.4) is 0 Å². The van der Waals surface area contributed by atoms with Gasteiger partial charge in [-0.25, -0.2) is 4.98 Å². The van der Waals surface area contributed by atoms with Crippen LogP contribution in [0.25, 0.3) is 0 Å². The molecule has 2 rings (SSSR count). The number of rotatable bonds is 3. The number of hydrogen-bond donors (Lipinski definition) is 0. The average Bonchev–Trinajstić information content (AvgIpc) is 2.72. The Hall–Kier alpha value is -1.16. The molecule has 0 aromatic carbocycles. The summed E-state index contributed by atoms with van der Waals surface area (Å²) in [6.45, 7) is 2.05. The molecule has 0 unspecified atom stereocenters. The third kappa shape index (κ3) is 2.01. The van der Waals surface area contributed by atoms with Crippen molar-refractivity contribution in [2.75, 3.05) is 0 Å².